The highest BCUT2D eigenvalue weighted by Crippen LogP contribution is 2.29. The van der Waals surface area contributed by atoms with Crippen molar-refractivity contribution >= 4 is 38.6 Å². The molecule has 1 aliphatic heterocycles. The number of carbonyl (C=O) groups is 1. The molecule has 170 valence electrons. The fraction of sp³-hybridized carbons (Fsp3) is 0.333. The van der Waals surface area contributed by atoms with Crippen molar-refractivity contribution in [3.05, 3.63) is 58.9 Å². The number of ether oxygens (including phenoxy) is 1. The Morgan fingerprint density at radius 2 is 1.84 bits per heavy atom. The first-order chi connectivity index (χ1) is 15.3. The van der Waals surface area contributed by atoms with Crippen LogP contribution in [0.25, 0.3) is 11.0 Å². The summed E-state index contributed by atoms with van der Waals surface area (Å²) in [6, 6.07) is 10.1. The van der Waals surface area contributed by atoms with Gasteiger partial charge in [-0.1, -0.05) is 30.2 Å². The molecule has 1 aliphatic rings. The van der Waals surface area contributed by atoms with E-state index in [-0.39, 0.29) is 26.8 Å². The Bertz CT molecular complexity index is 1260. The molecule has 1 fully saturated rings. The van der Waals surface area contributed by atoms with Crippen molar-refractivity contribution in [3.8, 4) is 0 Å². The largest absolute Gasteiger partial charge is 0.454 e. The predicted molar refractivity (Wildman–Crippen MR) is 114 cm³/mol. The summed E-state index contributed by atoms with van der Waals surface area (Å²) >= 11 is 6.12. The maximum atomic E-state index is 13.5. The van der Waals surface area contributed by atoms with E-state index < -0.39 is 29.1 Å². The van der Waals surface area contributed by atoms with E-state index in [0.717, 1.165) is 25.3 Å². The number of benzene rings is 2. The molecule has 1 saturated heterocycles. The molecule has 2 heterocycles. The van der Waals surface area contributed by atoms with E-state index in [1.165, 1.54) is 22.5 Å². The highest BCUT2D eigenvalue weighted by atomic mass is 35.5. The molecule has 1 aromatic heterocycles. The van der Waals surface area contributed by atoms with Crippen LogP contribution in [0, 0.1) is 0 Å². The van der Waals surface area contributed by atoms with Crippen molar-refractivity contribution < 1.29 is 26.7 Å². The van der Waals surface area contributed by atoms with Crippen LogP contribution in [0.5, 0.6) is 0 Å². The number of alkyl halides is 2. The van der Waals surface area contributed by atoms with Crippen LogP contribution in [0.1, 0.15) is 42.0 Å². The second-order valence-corrected chi connectivity index (χ2v) is 9.66. The number of para-hydroxylation sites is 2. The van der Waals surface area contributed by atoms with Gasteiger partial charge in [-0.25, -0.2) is 18.2 Å². The molecule has 32 heavy (non-hydrogen) atoms. The SMILES string of the molecule is O=C(OCc1nc2ccccc2n1C(F)F)c1ccc(Cl)c(S(=O)(=O)N2CCCCC2)c1. The lowest BCUT2D eigenvalue weighted by Gasteiger charge is -2.26. The zero-order valence-electron chi connectivity index (χ0n) is 16.9. The summed E-state index contributed by atoms with van der Waals surface area (Å²) in [5, 5.41) is -0.00776. The van der Waals surface area contributed by atoms with Gasteiger partial charge < -0.3 is 4.74 Å². The molecule has 2 aromatic carbocycles. The number of aromatic nitrogens is 2. The molecule has 0 unspecified atom stereocenters. The number of halogens is 3. The molecule has 0 saturated carbocycles. The molecular weight excluding hydrogens is 464 g/mol. The second-order valence-electron chi connectivity index (χ2n) is 7.35. The molecule has 7 nitrogen and oxygen atoms in total. The van der Waals surface area contributed by atoms with Crippen molar-refractivity contribution in [2.45, 2.75) is 37.3 Å². The molecule has 0 atom stereocenters. The third-order valence-corrected chi connectivity index (χ3v) is 7.68. The fourth-order valence-electron chi connectivity index (χ4n) is 3.70. The maximum Gasteiger partial charge on any atom is 0.338 e. The van der Waals surface area contributed by atoms with Gasteiger partial charge in [-0.15, -0.1) is 0 Å². The van der Waals surface area contributed by atoms with Crippen molar-refractivity contribution in [1.29, 1.82) is 0 Å². The van der Waals surface area contributed by atoms with Crippen molar-refractivity contribution in [2.75, 3.05) is 13.1 Å². The number of esters is 1. The molecule has 0 amide bonds. The Balaban J connectivity index is 1.57. The van der Waals surface area contributed by atoms with Crippen LogP contribution in [0.2, 0.25) is 5.02 Å². The van der Waals surface area contributed by atoms with Gasteiger partial charge in [-0.05, 0) is 43.2 Å². The lowest BCUT2D eigenvalue weighted by molar-refractivity contribution is 0.0387. The first-order valence-corrected chi connectivity index (χ1v) is 11.8. The fourth-order valence-corrected chi connectivity index (χ4v) is 5.72. The summed E-state index contributed by atoms with van der Waals surface area (Å²) in [5.74, 6) is -0.991. The third kappa shape index (κ3) is 4.35. The van der Waals surface area contributed by atoms with Crippen LogP contribution in [0.3, 0.4) is 0 Å². The van der Waals surface area contributed by atoms with E-state index in [1.807, 2.05) is 0 Å². The number of fused-ring (bicyclic) bond motifs is 1. The van der Waals surface area contributed by atoms with Gasteiger partial charge in [0.1, 0.15) is 11.5 Å². The normalized spacial score (nSPS) is 15.4. The van der Waals surface area contributed by atoms with Gasteiger partial charge >= 0.3 is 12.5 Å². The Morgan fingerprint density at radius 1 is 1.12 bits per heavy atom. The molecule has 4 rings (SSSR count). The van der Waals surface area contributed by atoms with Crippen molar-refractivity contribution in [2.24, 2.45) is 0 Å². The molecular formula is C21H20ClF2N3O4S. The Labute approximate surface area is 188 Å². The highest BCUT2D eigenvalue weighted by Gasteiger charge is 2.29. The first-order valence-electron chi connectivity index (χ1n) is 10.00. The van der Waals surface area contributed by atoms with Gasteiger partial charge in [0.05, 0.1) is 21.6 Å². The molecule has 0 spiro atoms. The van der Waals surface area contributed by atoms with Crippen LogP contribution in [0.4, 0.5) is 8.78 Å². The number of rotatable bonds is 6. The number of piperidine rings is 1. The predicted octanol–water partition coefficient (Wildman–Crippen LogP) is 4.62. The van der Waals surface area contributed by atoms with Gasteiger partial charge in [0.15, 0.2) is 5.82 Å². The van der Waals surface area contributed by atoms with Crippen LogP contribution >= 0.6 is 11.6 Å². The molecule has 3 aromatic rings. The Hall–Kier alpha value is -2.56. The van der Waals surface area contributed by atoms with E-state index >= 15 is 0 Å². The van der Waals surface area contributed by atoms with E-state index in [2.05, 4.69) is 4.98 Å². The lowest BCUT2D eigenvalue weighted by Crippen LogP contribution is -2.35. The molecule has 0 radical (unpaired) electrons. The standard InChI is InChI=1S/C21H20ClF2N3O4S/c22-15-9-8-14(12-18(15)32(29,30)26-10-4-1-5-11-26)20(28)31-13-19-25-16-6-2-3-7-17(16)27(19)21(23)24/h2-3,6-9,12,21H,1,4-5,10-11,13H2. The minimum atomic E-state index is -3.87. The van der Waals surface area contributed by atoms with E-state index in [1.54, 1.807) is 18.2 Å². The van der Waals surface area contributed by atoms with E-state index in [4.69, 9.17) is 16.3 Å². The molecule has 0 aliphatic carbocycles. The van der Waals surface area contributed by atoms with Crippen molar-refractivity contribution in [3.63, 3.8) is 0 Å². The maximum absolute atomic E-state index is 13.5. The smallest absolute Gasteiger partial charge is 0.338 e. The number of sulfonamides is 1. The monoisotopic (exact) mass is 483 g/mol. The summed E-state index contributed by atoms with van der Waals surface area (Å²) in [4.78, 5) is 16.5. The highest BCUT2D eigenvalue weighted by molar-refractivity contribution is 7.89. The van der Waals surface area contributed by atoms with Crippen LogP contribution < -0.4 is 0 Å². The topological polar surface area (TPSA) is 81.5 Å². The minimum Gasteiger partial charge on any atom is -0.454 e. The lowest BCUT2D eigenvalue weighted by atomic mass is 10.2. The molecule has 0 bridgehead atoms. The van der Waals surface area contributed by atoms with Crippen molar-refractivity contribution in [1.82, 2.24) is 13.9 Å². The average molecular weight is 484 g/mol. The Kier molecular flexibility index (Phi) is 6.45. The van der Waals surface area contributed by atoms with Gasteiger partial charge in [-0.3, -0.25) is 4.57 Å². The van der Waals surface area contributed by atoms with Gasteiger partial charge in [0, 0.05) is 13.1 Å². The van der Waals surface area contributed by atoms with Crippen LogP contribution in [0.15, 0.2) is 47.4 Å². The number of nitrogens with zero attached hydrogens (tertiary/aromatic N) is 3. The second kappa shape index (κ2) is 9.13. The minimum absolute atomic E-state index is 0.00776. The summed E-state index contributed by atoms with van der Waals surface area (Å²) in [7, 11) is -3.87. The number of hydrogen-bond acceptors (Lipinski definition) is 5. The number of imidazole rings is 1. The van der Waals surface area contributed by atoms with Gasteiger partial charge in [0.25, 0.3) is 0 Å². The zero-order valence-corrected chi connectivity index (χ0v) is 18.5. The number of hydrogen-bond donors (Lipinski definition) is 0. The van der Waals surface area contributed by atoms with Gasteiger partial charge in [-0.2, -0.15) is 13.1 Å². The van der Waals surface area contributed by atoms with E-state index in [0.29, 0.717) is 23.2 Å². The van der Waals surface area contributed by atoms with E-state index in [9.17, 15) is 22.0 Å². The first kappa shape index (κ1) is 22.6. The quantitative estimate of drug-likeness (QED) is 0.478. The molecule has 0 N–H and O–H groups in total. The van der Waals surface area contributed by atoms with Crippen LogP contribution in [-0.2, 0) is 21.4 Å². The van der Waals surface area contributed by atoms with Gasteiger partial charge in [0.2, 0.25) is 10.0 Å². The summed E-state index contributed by atoms with van der Waals surface area (Å²) in [6.07, 6.45) is 2.46. The summed E-state index contributed by atoms with van der Waals surface area (Å²) in [6.45, 7) is -2.60. The summed E-state index contributed by atoms with van der Waals surface area (Å²) in [5.41, 5.74) is 0.514. The summed E-state index contributed by atoms with van der Waals surface area (Å²) < 4.78 is 60.2. The van der Waals surface area contributed by atoms with Crippen LogP contribution in [-0.4, -0.2) is 41.3 Å². The Morgan fingerprint density at radius 3 is 2.56 bits per heavy atom. The zero-order chi connectivity index (χ0) is 22.9. The third-order valence-electron chi connectivity index (χ3n) is 5.30. The molecule has 11 heteroatoms. The average Bonchev–Trinajstić information content (AvgIpc) is 3.17. The number of carbonyl (C=O) groups excluding carboxylic acids is 1.